The molecule has 0 unspecified atom stereocenters. The van der Waals surface area contributed by atoms with Gasteiger partial charge in [-0.2, -0.15) is 0 Å². The number of aliphatic hydroxyl groups is 3. The Kier molecular flexibility index (Phi) is 9.16. The van der Waals surface area contributed by atoms with E-state index in [0.717, 1.165) is 11.1 Å². The zero-order valence-electron chi connectivity index (χ0n) is 23.4. The van der Waals surface area contributed by atoms with Crippen LogP contribution in [0.4, 0.5) is 5.82 Å². The van der Waals surface area contributed by atoms with Crippen LogP contribution in [0.3, 0.4) is 0 Å². The monoisotopic (exact) mass is 596 g/mol. The van der Waals surface area contributed by atoms with Gasteiger partial charge in [0.15, 0.2) is 23.2 Å². The zero-order chi connectivity index (χ0) is 29.9. The Morgan fingerprint density at radius 1 is 0.976 bits per heavy atom. The summed E-state index contributed by atoms with van der Waals surface area (Å²) in [5, 5.41) is 34.0. The van der Waals surface area contributed by atoms with Gasteiger partial charge in [-0.05, 0) is 17.0 Å². The third-order valence-electron chi connectivity index (χ3n) is 7.14. The molecule has 42 heavy (non-hydrogen) atoms. The van der Waals surface area contributed by atoms with E-state index in [2.05, 4.69) is 49.3 Å². The molecular weight excluding hydrogens is 560 g/mol. The lowest BCUT2D eigenvalue weighted by Gasteiger charge is -2.20. The number of hydrogen-bond donors (Lipinski definition) is 5. The Morgan fingerprint density at radius 2 is 1.62 bits per heavy atom. The van der Waals surface area contributed by atoms with Crippen LogP contribution in [0.25, 0.3) is 11.2 Å². The minimum absolute atomic E-state index is 0.0343. The van der Waals surface area contributed by atoms with Crippen LogP contribution in [0.15, 0.2) is 67.0 Å². The predicted molar refractivity (Wildman–Crippen MR) is 157 cm³/mol. The van der Waals surface area contributed by atoms with Crippen LogP contribution in [-0.4, -0.2) is 80.5 Å². The summed E-state index contributed by atoms with van der Waals surface area (Å²) in [5.74, 6) is 0.413. The molecule has 0 aliphatic carbocycles. The molecule has 4 atom stereocenters. The summed E-state index contributed by atoms with van der Waals surface area (Å²) in [6.45, 7) is 3.44. The van der Waals surface area contributed by atoms with Crippen LogP contribution in [0, 0.1) is 5.92 Å². The smallest absolute Gasteiger partial charge is 0.212 e. The van der Waals surface area contributed by atoms with E-state index in [4.69, 9.17) is 4.74 Å². The molecule has 0 saturated carbocycles. The van der Waals surface area contributed by atoms with Gasteiger partial charge in [-0.1, -0.05) is 74.5 Å². The van der Waals surface area contributed by atoms with Crippen molar-refractivity contribution in [2.45, 2.75) is 50.8 Å². The number of nitrogens with one attached hydrogen (secondary N) is 2. The summed E-state index contributed by atoms with van der Waals surface area (Å²) in [7, 11) is -3.58. The highest BCUT2D eigenvalue weighted by atomic mass is 32.2. The molecule has 224 valence electrons. The van der Waals surface area contributed by atoms with E-state index < -0.39 is 41.2 Å². The Labute approximate surface area is 244 Å². The molecule has 0 bridgehead atoms. The predicted octanol–water partition coefficient (Wildman–Crippen LogP) is 1.76. The number of benzene rings is 2. The molecule has 13 heteroatoms. The molecule has 1 aliphatic rings. The molecular formula is C29H36N6O6S. The van der Waals surface area contributed by atoms with Crippen LogP contribution in [0.5, 0.6) is 0 Å². The molecule has 1 fully saturated rings. The van der Waals surface area contributed by atoms with E-state index in [1.54, 1.807) is 0 Å². The first-order valence-electron chi connectivity index (χ1n) is 13.8. The van der Waals surface area contributed by atoms with E-state index in [1.807, 2.05) is 50.2 Å². The van der Waals surface area contributed by atoms with Gasteiger partial charge >= 0.3 is 0 Å². The average Bonchev–Trinajstić information content (AvgIpc) is 3.52. The van der Waals surface area contributed by atoms with Crippen molar-refractivity contribution in [3.05, 3.63) is 83.9 Å². The maximum atomic E-state index is 12.6. The third-order valence-corrected chi connectivity index (χ3v) is 8.83. The topological polar surface area (TPSA) is 172 Å². The molecule has 3 heterocycles. The van der Waals surface area contributed by atoms with Crippen molar-refractivity contribution >= 4 is 27.0 Å². The van der Waals surface area contributed by atoms with E-state index in [-0.39, 0.29) is 35.6 Å². The highest BCUT2D eigenvalue weighted by molar-refractivity contribution is 7.89. The molecule has 1 aliphatic heterocycles. The fourth-order valence-electron chi connectivity index (χ4n) is 5.13. The molecule has 0 amide bonds. The van der Waals surface area contributed by atoms with E-state index in [0.29, 0.717) is 17.9 Å². The number of sulfonamides is 1. The first kappa shape index (κ1) is 30.0. The van der Waals surface area contributed by atoms with Gasteiger partial charge in [-0.15, -0.1) is 0 Å². The Hall–Kier alpha value is -3.46. The molecule has 5 N–H and O–H groups in total. The molecule has 1 saturated heterocycles. The van der Waals surface area contributed by atoms with E-state index in [9.17, 15) is 23.7 Å². The van der Waals surface area contributed by atoms with Gasteiger partial charge in [0.05, 0.1) is 25.2 Å². The quantitative estimate of drug-likeness (QED) is 0.162. The zero-order valence-corrected chi connectivity index (χ0v) is 24.2. The maximum Gasteiger partial charge on any atom is 0.212 e. The van der Waals surface area contributed by atoms with Crippen molar-refractivity contribution in [2.75, 3.05) is 24.2 Å². The average molecular weight is 597 g/mol. The van der Waals surface area contributed by atoms with Crippen LogP contribution in [-0.2, 0) is 21.3 Å². The highest BCUT2D eigenvalue weighted by Gasteiger charge is 2.44. The second kappa shape index (κ2) is 12.8. The van der Waals surface area contributed by atoms with Crippen molar-refractivity contribution in [2.24, 2.45) is 5.92 Å². The van der Waals surface area contributed by atoms with Gasteiger partial charge in [0.25, 0.3) is 0 Å². The summed E-state index contributed by atoms with van der Waals surface area (Å²) < 4.78 is 34.9. The third kappa shape index (κ3) is 6.61. The lowest BCUT2D eigenvalue weighted by atomic mass is 9.91. The van der Waals surface area contributed by atoms with Crippen molar-refractivity contribution in [3.8, 4) is 0 Å². The van der Waals surface area contributed by atoms with Crippen molar-refractivity contribution in [1.82, 2.24) is 24.2 Å². The Morgan fingerprint density at radius 3 is 2.19 bits per heavy atom. The number of fused-ring (bicyclic) bond motifs is 1. The minimum atomic E-state index is -3.58. The number of aliphatic hydroxyl groups excluding tert-OH is 3. The number of ether oxygens (including phenoxy) is 1. The Bertz CT molecular complexity index is 1540. The van der Waals surface area contributed by atoms with Gasteiger partial charge in [-0.3, -0.25) is 4.57 Å². The molecule has 4 aromatic rings. The number of anilines is 1. The summed E-state index contributed by atoms with van der Waals surface area (Å²) in [5.41, 5.74) is 2.85. The maximum absolute atomic E-state index is 12.6. The second-order valence-corrected chi connectivity index (χ2v) is 12.6. The number of imidazole rings is 1. The second-order valence-electron chi connectivity index (χ2n) is 10.8. The van der Waals surface area contributed by atoms with Crippen molar-refractivity contribution < 1.29 is 28.5 Å². The summed E-state index contributed by atoms with van der Waals surface area (Å²) in [6.07, 6.45) is -3.29. The van der Waals surface area contributed by atoms with Crippen molar-refractivity contribution in [3.63, 3.8) is 0 Å². The fourth-order valence-corrected chi connectivity index (χ4v) is 6.47. The number of aromatic nitrogens is 4. The van der Waals surface area contributed by atoms with Crippen molar-refractivity contribution in [1.29, 1.82) is 0 Å². The van der Waals surface area contributed by atoms with Gasteiger partial charge in [0.1, 0.15) is 24.1 Å². The van der Waals surface area contributed by atoms with Crippen LogP contribution < -0.4 is 10.0 Å². The highest BCUT2D eigenvalue weighted by Crippen LogP contribution is 2.33. The number of rotatable bonds is 12. The molecule has 12 nitrogen and oxygen atoms in total. The summed E-state index contributed by atoms with van der Waals surface area (Å²) in [6, 6.07) is 20.1. The Balaban J connectivity index is 1.51. The minimum Gasteiger partial charge on any atom is -0.394 e. The first-order chi connectivity index (χ1) is 20.2. The fraction of sp³-hybridized carbons (Fsp3) is 0.414. The summed E-state index contributed by atoms with van der Waals surface area (Å²) in [4.78, 5) is 13.7. The molecule has 2 aromatic heterocycles. The number of hydrogen-bond acceptors (Lipinski definition) is 10. The van der Waals surface area contributed by atoms with Crippen LogP contribution in [0.1, 0.15) is 42.9 Å². The van der Waals surface area contributed by atoms with Gasteiger partial charge in [0, 0.05) is 12.5 Å². The standard InChI is InChI=1S/C29H36N6O6S/c1-18(2)16-42(39,40)32-14-23-33-27(30-13-21(19-9-5-3-6-10-19)20-11-7-4-8-12-20)24-28(34-23)35(17-31-24)29-26(38)25(37)22(15-36)41-29/h3-12,17-18,21-22,25-26,29,32,36-38H,13-16H2,1-2H3,(H,30,33,34)/t22-,25-,26-,29-/m1/s1. The lowest BCUT2D eigenvalue weighted by Crippen LogP contribution is -2.33. The SMILES string of the molecule is CC(C)CS(=O)(=O)NCc1nc(NCC(c2ccccc2)c2ccccc2)c2ncn([C@@H]3O[C@H](CO)[C@@H](O)[C@H]3O)c2n1. The number of nitrogens with zero attached hydrogens (tertiary/aromatic N) is 4. The molecule has 5 rings (SSSR count). The van der Waals surface area contributed by atoms with E-state index >= 15 is 0 Å². The van der Waals surface area contributed by atoms with Crippen LogP contribution in [0.2, 0.25) is 0 Å². The normalized spacial score (nSPS) is 21.0. The van der Waals surface area contributed by atoms with E-state index in [1.165, 1.54) is 10.9 Å². The molecule has 0 radical (unpaired) electrons. The molecule has 0 spiro atoms. The lowest BCUT2D eigenvalue weighted by molar-refractivity contribution is -0.0511. The largest absolute Gasteiger partial charge is 0.394 e. The van der Waals surface area contributed by atoms with Gasteiger partial charge in [-0.25, -0.2) is 28.1 Å². The molecule has 2 aromatic carbocycles. The van der Waals surface area contributed by atoms with Crippen LogP contribution >= 0.6 is 0 Å². The van der Waals surface area contributed by atoms with Gasteiger partial charge < -0.3 is 25.4 Å². The summed E-state index contributed by atoms with van der Waals surface area (Å²) >= 11 is 0. The van der Waals surface area contributed by atoms with Gasteiger partial charge in [0.2, 0.25) is 10.0 Å². The first-order valence-corrected chi connectivity index (χ1v) is 15.5.